The van der Waals surface area contributed by atoms with Crippen LogP contribution in [0.15, 0.2) is 95.5 Å². The molecule has 4 aromatic rings. The second-order valence-electron chi connectivity index (χ2n) is 11.6. The number of imide groups is 1. The largest absolute Gasteiger partial charge is 0.324 e. The van der Waals surface area contributed by atoms with E-state index in [1.165, 1.54) is 0 Å². The Hall–Kier alpha value is -3.45. The summed E-state index contributed by atoms with van der Waals surface area (Å²) in [6.45, 7) is 3.83. The van der Waals surface area contributed by atoms with E-state index in [4.69, 9.17) is 23.2 Å². The van der Waals surface area contributed by atoms with Gasteiger partial charge in [-0.1, -0.05) is 94.8 Å². The van der Waals surface area contributed by atoms with Gasteiger partial charge in [-0.2, -0.15) is 0 Å². The fourth-order valence-electron chi connectivity index (χ4n) is 7.27. The van der Waals surface area contributed by atoms with E-state index in [1.54, 1.807) is 0 Å². The Labute approximate surface area is 268 Å². The van der Waals surface area contributed by atoms with Crippen molar-refractivity contribution >= 4 is 62.5 Å². The lowest BCUT2D eigenvalue weighted by Gasteiger charge is -2.54. The van der Waals surface area contributed by atoms with Crippen molar-refractivity contribution in [3.8, 4) is 0 Å². The van der Waals surface area contributed by atoms with Crippen LogP contribution < -0.4 is 5.32 Å². The monoisotopic (exact) mass is 672 g/mol. The highest BCUT2D eigenvalue weighted by atomic mass is 79.9. The minimum atomic E-state index is -1.32. The topological polar surface area (TPSA) is 66.5 Å². The molecule has 3 atom stereocenters. The fraction of sp³-hybridized carbons (Fsp3) is 0.229. The highest BCUT2D eigenvalue weighted by Crippen LogP contribution is 2.69. The van der Waals surface area contributed by atoms with Gasteiger partial charge in [0.1, 0.15) is 15.8 Å². The standard InChI is InChI=1S/C35H27BrCl2N2O3/c1-19-17-27(20(2)16-26(19)36)39-31(41)28(18-21-10-4-3-5-11-21)40-32(42)29-30(33(40)43)35(38)23-13-7-6-12-22(23)34(29,37)24-14-8-9-15-25(24)35/h3-17,28-30H,18H2,1-2H3,(H,39,41)/t28-,29+,30+,34?,35?/m0/s1. The lowest BCUT2D eigenvalue weighted by Crippen LogP contribution is -2.57. The van der Waals surface area contributed by atoms with Gasteiger partial charge >= 0.3 is 0 Å². The van der Waals surface area contributed by atoms with Gasteiger partial charge in [0.2, 0.25) is 17.7 Å². The number of carbonyl (C=O) groups excluding carboxylic acids is 3. The molecule has 4 aromatic carbocycles. The van der Waals surface area contributed by atoms with Gasteiger partial charge in [-0.05, 0) is 64.9 Å². The summed E-state index contributed by atoms with van der Waals surface area (Å²) in [5, 5.41) is 3.02. The molecule has 1 heterocycles. The van der Waals surface area contributed by atoms with E-state index in [1.807, 2.05) is 105 Å². The zero-order valence-electron chi connectivity index (χ0n) is 23.4. The van der Waals surface area contributed by atoms with Gasteiger partial charge in [0.25, 0.3) is 0 Å². The van der Waals surface area contributed by atoms with E-state index in [0.717, 1.165) is 48.3 Å². The van der Waals surface area contributed by atoms with Crippen molar-refractivity contribution in [2.75, 3.05) is 5.32 Å². The first-order valence-corrected chi connectivity index (χ1v) is 15.7. The van der Waals surface area contributed by atoms with Crippen molar-refractivity contribution in [1.29, 1.82) is 0 Å². The SMILES string of the molecule is Cc1cc(NC(=O)[C@H](Cc2ccccc2)N2C(=O)[C@H]3[C@H](C2=O)C2(Cl)c4ccccc4C3(Cl)c3ccccc32)c(C)cc1Br. The molecule has 1 saturated heterocycles. The van der Waals surface area contributed by atoms with Gasteiger partial charge < -0.3 is 5.32 Å². The van der Waals surface area contributed by atoms with Crippen LogP contribution in [0.3, 0.4) is 0 Å². The Balaban J connectivity index is 1.36. The van der Waals surface area contributed by atoms with Crippen molar-refractivity contribution in [2.45, 2.75) is 36.1 Å². The van der Waals surface area contributed by atoms with Crippen molar-refractivity contribution in [3.05, 3.63) is 134 Å². The van der Waals surface area contributed by atoms with Crippen molar-refractivity contribution in [2.24, 2.45) is 11.8 Å². The summed E-state index contributed by atoms with van der Waals surface area (Å²) in [5.41, 5.74) is 6.11. The smallest absolute Gasteiger partial charge is 0.248 e. The second-order valence-corrected chi connectivity index (χ2v) is 13.7. The molecule has 1 aliphatic heterocycles. The number of halogens is 3. The van der Waals surface area contributed by atoms with Crippen LogP contribution in [0.4, 0.5) is 5.69 Å². The molecular weight excluding hydrogens is 647 g/mol. The molecule has 1 fully saturated rings. The second kappa shape index (κ2) is 10.0. The van der Waals surface area contributed by atoms with Crippen molar-refractivity contribution in [3.63, 3.8) is 0 Å². The quantitative estimate of drug-likeness (QED) is 0.180. The zero-order chi connectivity index (χ0) is 30.3. The molecule has 216 valence electrons. The Morgan fingerprint density at radius 2 is 1.26 bits per heavy atom. The van der Waals surface area contributed by atoms with Crippen molar-refractivity contribution in [1.82, 2.24) is 4.90 Å². The fourth-order valence-corrected chi connectivity index (χ4v) is 8.82. The van der Waals surface area contributed by atoms with E-state index >= 15 is 0 Å². The summed E-state index contributed by atoms with van der Waals surface area (Å²) in [7, 11) is 0. The Kier molecular flexibility index (Phi) is 6.62. The highest BCUT2D eigenvalue weighted by Gasteiger charge is 2.73. The lowest BCUT2D eigenvalue weighted by molar-refractivity contribution is -0.146. The maximum atomic E-state index is 14.6. The molecule has 8 rings (SSSR count). The maximum Gasteiger partial charge on any atom is 0.248 e. The number of amides is 3. The molecule has 4 aliphatic rings. The molecule has 0 aromatic heterocycles. The molecule has 5 nitrogen and oxygen atoms in total. The zero-order valence-corrected chi connectivity index (χ0v) is 26.5. The van der Waals surface area contributed by atoms with E-state index in [-0.39, 0.29) is 6.42 Å². The number of nitrogens with zero attached hydrogens (tertiary/aromatic N) is 1. The van der Waals surface area contributed by atoms with Gasteiger partial charge in [0, 0.05) is 16.6 Å². The molecule has 0 unspecified atom stereocenters. The normalized spacial score (nSPS) is 25.7. The number of hydrogen-bond acceptors (Lipinski definition) is 3. The Morgan fingerprint density at radius 1 is 0.791 bits per heavy atom. The molecule has 8 heteroatoms. The van der Waals surface area contributed by atoms with Crippen LogP contribution in [-0.4, -0.2) is 28.7 Å². The Morgan fingerprint density at radius 3 is 1.74 bits per heavy atom. The van der Waals surface area contributed by atoms with Gasteiger partial charge in [-0.25, -0.2) is 0 Å². The molecule has 0 radical (unpaired) electrons. The third-order valence-electron chi connectivity index (χ3n) is 9.27. The van der Waals surface area contributed by atoms with Crippen LogP contribution in [0.5, 0.6) is 0 Å². The summed E-state index contributed by atoms with van der Waals surface area (Å²) in [4.78, 5) is 42.0. The summed E-state index contributed by atoms with van der Waals surface area (Å²) >= 11 is 18.8. The van der Waals surface area contributed by atoms with Gasteiger partial charge in [0.05, 0.1) is 11.8 Å². The number of aryl methyl sites for hydroxylation is 2. The lowest BCUT2D eigenvalue weighted by atomic mass is 9.54. The molecule has 0 spiro atoms. The third-order valence-corrected chi connectivity index (χ3v) is 11.4. The predicted octanol–water partition coefficient (Wildman–Crippen LogP) is 7.21. The van der Waals surface area contributed by atoms with Gasteiger partial charge in [-0.15, -0.1) is 23.2 Å². The van der Waals surface area contributed by atoms with Crippen LogP contribution in [0.2, 0.25) is 0 Å². The first-order chi connectivity index (χ1) is 20.6. The summed E-state index contributed by atoms with van der Waals surface area (Å²) < 4.78 is 0.923. The molecule has 0 saturated carbocycles. The first kappa shape index (κ1) is 28.3. The number of benzene rings is 4. The molecule has 1 N–H and O–H groups in total. The summed E-state index contributed by atoms with van der Waals surface area (Å²) in [6.07, 6.45) is 0.141. The van der Waals surface area contributed by atoms with Crippen LogP contribution in [0.1, 0.15) is 38.9 Å². The maximum absolute atomic E-state index is 14.6. The van der Waals surface area contributed by atoms with E-state index in [2.05, 4.69) is 21.2 Å². The highest BCUT2D eigenvalue weighted by molar-refractivity contribution is 9.10. The molecule has 3 amide bonds. The number of nitrogens with one attached hydrogen (secondary N) is 1. The van der Waals surface area contributed by atoms with E-state index in [9.17, 15) is 14.4 Å². The van der Waals surface area contributed by atoms with E-state index in [0.29, 0.717) is 5.69 Å². The molecule has 43 heavy (non-hydrogen) atoms. The number of rotatable bonds is 5. The number of likely N-dealkylation sites (tertiary alicyclic amines) is 1. The van der Waals surface area contributed by atoms with Crippen LogP contribution >= 0.6 is 39.1 Å². The predicted molar refractivity (Wildman–Crippen MR) is 171 cm³/mol. The van der Waals surface area contributed by atoms with E-state index < -0.39 is 45.3 Å². The summed E-state index contributed by atoms with van der Waals surface area (Å²) in [6, 6.07) is 27.1. The molecular formula is C35H27BrCl2N2O3. The molecule has 3 aliphatic carbocycles. The minimum Gasteiger partial charge on any atom is -0.324 e. The van der Waals surface area contributed by atoms with Gasteiger partial charge in [-0.3, -0.25) is 19.3 Å². The summed E-state index contributed by atoms with van der Waals surface area (Å²) in [5.74, 6) is -3.39. The Bertz CT molecular complexity index is 1720. The average molecular weight is 674 g/mol. The minimum absolute atomic E-state index is 0.141. The first-order valence-electron chi connectivity index (χ1n) is 14.1. The van der Waals surface area contributed by atoms with Crippen LogP contribution in [-0.2, 0) is 30.6 Å². The molecule has 2 bridgehead atoms. The number of carbonyl (C=O) groups is 3. The number of anilines is 1. The number of alkyl halides is 2. The van der Waals surface area contributed by atoms with Crippen molar-refractivity contribution < 1.29 is 14.4 Å². The van der Waals surface area contributed by atoms with Crippen LogP contribution in [0, 0.1) is 25.7 Å². The van der Waals surface area contributed by atoms with Gasteiger partial charge in [0.15, 0.2) is 0 Å². The average Bonchev–Trinajstić information content (AvgIpc) is 3.28. The van der Waals surface area contributed by atoms with Crippen LogP contribution in [0.25, 0.3) is 0 Å². The third kappa shape index (κ3) is 3.92. The number of hydrogen-bond donors (Lipinski definition) is 1.